The number of carbonyl (C=O) groups excluding carboxylic acids is 3. The smallest absolute Gasteiger partial charge is 0.363 e. The van der Waals surface area contributed by atoms with Gasteiger partial charge in [-0.15, -0.1) is 13.2 Å². The Morgan fingerprint density at radius 1 is 1.07 bits per heavy atom. The largest absolute Gasteiger partial charge is 0.467 e. The summed E-state index contributed by atoms with van der Waals surface area (Å²) in [7, 11) is -0.494. The van der Waals surface area contributed by atoms with E-state index in [1.807, 2.05) is 13.8 Å². The van der Waals surface area contributed by atoms with Gasteiger partial charge in [-0.05, 0) is 32.1 Å². The van der Waals surface area contributed by atoms with E-state index in [4.69, 9.17) is 9.05 Å². The zero-order valence-electron chi connectivity index (χ0n) is 16.8. The normalized spacial score (nSPS) is 10.6. The second-order valence-corrected chi connectivity index (χ2v) is 7.38. The van der Waals surface area contributed by atoms with Crippen LogP contribution in [0.2, 0.25) is 0 Å². The first kappa shape index (κ1) is 27.7. The Balaban J connectivity index is 0. The van der Waals surface area contributed by atoms with Gasteiger partial charge in [-0.3, -0.25) is 14.2 Å². The van der Waals surface area contributed by atoms with Crippen molar-refractivity contribution in [2.24, 2.45) is 0 Å². The van der Waals surface area contributed by atoms with Crippen molar-refractivity contribution in [3.8, 4) is 0 Å². The van der Waals surface area contributed by atoms with Gasteiger partial charge in [-0.25, -0.2) is 4.79 Å². The molecule has 1 aromatic rings. The van der Waals surface area contributed by atoms with Crippen LogP contribution in [0.3, 0.4) is 0 Å². The molecule has 156 valence electrons. The molecule has 0 saturated carbocycles. The predicted octanol–water partition coefficient (Wildman–Crippen LogP) is 3.36. The van der Waals surface area contributed by atoms with Crippen LogP contribution in [0.1, 0.15) is 24.2 Å². The lowest BCUT2D eigenvalue weighted by atomic mass is 10.2. The lowest BCUT2D eigenvalue weighted by molar-refractivity contribution is -0.141. The highest BCUT2D eigenvalue weighted by atomic mass is 31.2. The molecular weight excluding hydrogens is 385 g/mol. The first-order chi connectivity index (χ1) is 13.2. The number of aldehydes is 1. The Labute approximate surface area is 166 Å². The monoisotopic (exact) mass is 413 g/mol. The summed E-state index contributed by atoms with van der Waals surface area (Å²) in [5.74, 6) is -3.04. The van der Waals surface area contributed by atoms with Gasteiger partial charge in [-0.1, -0.05) is 23.8 Å². The Morgan fingerprint density at radius 2 is 1.57 bits per heavy atom. The third kappa shape index (κ3) is 9.97. The maximum Gasteiger partial charge on any atom is 0.363 e. The summed E-state index contributed by atoms with van der Waals surface area (Å²) in [5.41, 5.74) is 1.35. The Hall–Kier alpha value is -2.54. The van der Waals surface area contributed by atoms with Crippen LogP contribution in [-0.2, 0) is 27.9 Å². The number of nitrogens with one attached hydrogen (secondary N) is 1. The van der Waals surface area contributed by atoms with E-state index >= 15 is 0 Å². The standard InChI is InChI=1S/C12H16NO6P.C5H8O.C2H4/c1-17-12(15)11(20(16,18-2)19-3)13-10(14)9-7-5-4-6-8-9;1-5(2)3-4-6;1-2/h4-8,11H,1-3H3,(H,13,14);3-4H,1-2H3;1-2H2. The minimum Gasteiger partial charge on any atom is -0.467 e. The van der Waals surface area contributed by atoms with Gasteiger partial charge >= 0.3 is 13.6 Å². The number of benzene rings is 1. The van der Waals surface area contributed by atoms with Gasteiger partial charge in [0.25, 0.3) is 5.91 Å². The van der Waals surface area contributed by atoms with Gasteiger partial charge in [-0.2, -0.15) is 0 Å². The summed E-state index contributed by atoms with van der Waals surface area (Å²) in [6.45, 7) is 9.77. The number of hydrogen-bond donors (Lipinski definition) is 1. The number of carbonyl (C=O) groups is 3. The number of hydrogen-bond acceptors (Lipinski definition) is 7. The van der Waals surface area contributed by atoms with Crippen LogP contribution in [0.4, 0.5) is 0 Å². The van der Waals surface area contributed by atoms with E-state index in [1.54, 1.807) is 30.3 Å². The van der Waals surface area contributed by atoms with Crippen LogP contribution in [0, 0.1) is 0 Å². The minimum absolute atomic E-state index is 0.306. The van der Waals surface area contributed by atoms with Crippen molar-refractivity contribution >= 4 is 25.8 Å². The number of methoxy groups -OCH3 is 1. The van der Waals surface area contributed by atoms with Crippen molar-refractivity contribution in [1.29, 1.82) is 0 Å². The van der Waals surface area contributed by atoms with Crippen molar-refractivity contribution < 1.29 is 32.7 Å². The molecule has 1 aromatic carbocycles. The van der Waals surface area contributed by atoms with E-state index in [9.17, 15) is 18.9 Å². The fourth-order valence-electron chi connectivity index (χ4n) is 1.60. The summed E-state index contributed by atoms with van der Waals surface area (Å²) in [4.78, 5) is 33.2. The second-order valence-electron chi connectivity index (χ2n) is 5.05. The summed E-state index contributed by atoms with van der Waals surface area (Å²) < 4.78 is 26.2. The van der Waals surface area contributed by atoms with Gasteiger partial charge in [0, 0.05) is 19.8 Å². The topological polar surface area (TPSA) is 108 Å². The maximum atomic E-state index is 12.3. The SMILES string of the molecule is C=C.CC(C)=CC=O.COC(=O)C(NC(=O)c1ccccc1)P(=O)(OC)OC. The van der Waals surface area contributed by atoms with Gasteiger partial charge in [0.05, 0.1) is 7.11 Å². The minimum atomic E-state index is -3.84. The van der Waals surface area contributed by atoms with Crippen molar-refractivity contribution in [1.82, 2.24) is 5.32 Å². The van der Waals surface area contributed by atoms with Crippen molar-refractivity contribution in [2.75, 3.05) is 21.3 Å². The average molecular weight is 413 g/mol. The van der Waals surface area contributed by atoms with E-state index in [1.165, 1.54) is 6.08 Å². The molecule has 9 heteroatoms. The quantitative estimate of drug-likeness (QED) is 0.240. The van der Waals surface area contributed by atoms with Crippen LogP contribution in [-0.4, -0.2) is 45.3 Å². The fourth-order valence-corrected chi connectivity index (χ4v) is 2.81. The van der Waals surface area contributed by atoms with E-state index in [0.29, 0.717) is 5.56 Å². The van der Waals surface area contributed by atoms with Crippen LogP contribution in [0.5, 0.6) is 0 Å². The summed E-state index contributed by atoms with van der Waals surface area (Å²) in [5, 5.41) is 2.30. The first-order valence-corrected chi connectivity index (χ1v) is 9.60. The number of ether oxygens (including phenoxy) is 1. The predicted molar refractivity (Wildman–Crippen MR) is 108 cm³/mol. The van der Waals surface area contributed by atoms with Crippen LogP contribution in [0.25, 0.3) is 0 Å². The lowest BCUT2D eigenvalue weighted by Gasteiger charge is -2.23. The summed E-state index contributed by atoms with van der Waals surface area (Å²) >= 11 is 0. The molecule has 0 aliphatic carbocycles. The number of allylic oxidation sites excluding steroid dienone is 2. The van der Waals surface area contributed by atoms with Crippen LogP contribution in [0.15, 0.2) is 55.1 Å². The molecule has 1 atom stereocenters. The van der Waals surface area contributed by atoms with Crippen molar-refractivity contribution in [3.05, 3.63) is 60.7 Å². The van der Waals surface area contributed by atoms with E-state index in [0.717, 1.165) is 33.2 Å². The number of esters is 1. The van der Waals surface area contributed by atoms with Crippen molar-refractivity contribution in [2.45, 2.75) is 19.6 Å². The second kappa shape index (κ2) is 15.5. The van der Waals surface area contributed by atoms with Crippen molar-refractivity contribution in [3.63, 3.8) is 0 Å². The molecule has 0 radical (unpaired) electrons. The zero-order chi connectivity index (χ0) is 22.2. The molecule has 0 aliphatic heterocycles. The van der Waals surface area contributed by atoms with Gasteiger partial charge in [0.15, 0.2) is 0 Å². The Morgan fingerprint density at radius 3 is 1.89 bits per heavy atom. The first-order valence-electron chi connectivity index (χ1n) is 7.99. The highest BCUT2D eigenvalue weighted by Crippen LogP contribution is 2.50. The molecule has 0 bridgehead atoms. The Kier molecular flexibility index (Phi) is 15.3. The van der Waals surface area contributed by atoms with Gasteiger partial charge < -0.3 is 19.1 Å². The van der Waals surface area contributed by atoms with E-state index < -0.39 is 25.3 Å². The third-order valence-electron chi connectivity index (χ3n) is 2.95. The zero-order valence-corrected chi connectivity index (χ0v) is 17.7. The Bertz CT molecular complexity index is 677. The maximum absolute atomic E-state index is 12.3. The molecule has 1 N–H and O–H groups in total. The highest BCUT2D eigenvalue weighted by Gasteiger charge is 2.42. The molecule has 1 rings (SSSR count). The molecule has 0 aromatic heterocycles. The highest BCUT2D eigenvalue weighted by molar-refractivity contribution is 7.55. The van der Waals surface area contributed by atoms with Gasteiger partial charge in [0.2, 0.25) is 5.78 Å². The summed E-state index contributed by atoms with van der Waals surface area (Å²) in [6, 6.07) is 8.16. The lowest BCUT2D eigenvalue weighted by Crippen LogP contribution is -2.42. The number of rotatable bonds is 7. The average Bonchev–Trinajstić information content (AvgIpc) is 2.73. The molecule has 0 saturated heterocycles. The molecule has 1 amide bonds. The van der Waals surface area contributed by atoms with Crippen LogP contribution >= 0.6 is 7.60 Å². The third-order valence-corrected chi connectivity index (χ3v) is 4.95. The van der Waals surface area contributed by atoms with E-state index in [-0.39, 0.29) is 0 Å². The fraction of sp³-hybridized carbons (Fsp3) is 0.316. The molecule has 8 nitrogen and oxygen atoms in total. The van der Waals surface area contributed by atoms with Crippen LogP contribution < -0.4 is 5.32 Å². The summed E-state index contributed by atoms with van der Waals surface area (Å²) in [6.07, 6.45) is 2.31. The molecule has 0 aliphatic rings. The molecular formula is C19H28NO7P. The number of amides is 1. The van der Waals surface area contributed by atoms with Gasteiger partial charge in [0.1, 0.15) is 6.29 Å². The van der Waals surface area contributed by atoms with E-state index in [2.05, 4.69) is 23.2 Å². The molecule has 0 heterocycles. The molecule has 28 heavy (non-hydrogen) atoms. The molecule has 1 unspecified atom stereocenters. The molecule has 0 fully saturated rings. The molecule has 0 spiro atoms.